The third-order valence-corrected chi connectivity index (χ3v) is 26.6. The Morgan fingerprint density at radius 3 is 1.55 bits per heavy atom. The number of fused-ring (bicyclic) bond motifs is 7. The Bertz CT molecular complexity index is 3100. The summed E-state index contributed by atoms with van der Waals surface area (Å²) in [5.74, 6) is -4.88. The summed E-state index contributed by atoms with van der Waals surface area (Å²) in [5, 5.41) is 249. The predicted octanol–water partition coefficient (Wildman–Crippen LogP) is -10.6. The van der Waals surface area contributed by atoms with Crippen LogP contribution in [0.15, 0.2) is 11.6 Å². The van der Waals surface area contributed by atoms with E-state index in [0.717, 1.165) is 5.57 Å². The number of carbonyl (C=O) groups is 2. The molecule has 12 aliphatic rings. The number of esters is 1. The lowest BCUT2D eigenvalue weighted by molar-refractivity contribution is -0.474. The highest BCUT2D eigenvalue weighted by atomic mass is 16.8. The third-order valence-electron chi connectivity index (χ3n) is 26.6. The molecule has 0 amide bonds. The Labute approximate surface area is 614 Å². The van der Waals surface area contributed by atoms with Crippen LogP contribution in [0.5, 0.6) is 0 Å². The van der Waals surface area contributed by atoms with Crippen LogP contribution in [0.25, 0.3) is 0 Å². The van der Waals surface area contributed by atoms with Crippen molar-refractivity contribution in [1.29, 1.82) is 0 Å². The first-order chi connectivity index (χ1) is 50.2. The quantitative estimate of drug-likeness (QED) is 0.0344. The molecule has 20 N–H and O–H groups in total. The molecule has 7 aliphatic heterocycles. The number of hydrogen-bond donors (Lipinski definition) is 20. The summed E-state index contributed by atoms with van der Waals surface area (Å²) in [6.07, 6.45) is -61.9. The van der Waals surface area contributed by atoms with Gasteiger partial charge in [-0.05, 0) is 97.7 Å². The third kappa shape index (κ3) is 14.3. The maximum absolute atomic E-state index is 15.8. The van der Waals surface area contributed by atoms with E-state index in [1.807, 2.05) is 40.7 Å². The number of allylic oxidation sites excluding steroid dienone is 2. The summed E-state index contributed by atoms with van der Waals surface area (Å²) in [6.45, 7) is 7.98. The van der Waals surface area contributed by atoms with Crippen molar-refractivity contribution in [2.24, 2.45) is 50.2 Å². The molecule has 0 aromatic rings. The van der Waals surface area contributed by atoms with E-state index in [1.165, 1.54) is 13.8 Å². The molecule has 0 aromatic heterocycles. The highest BCUT2D eigenvalue weighted by Crippen LogP contribution is 2.76. The van der Waals surface area contributed by atoms with E-state index in [9.17, 15) is 117 Å². The summed E-state index contributed by atoms with van der Waals surface area (Å²) in [5.41, 5.74) is -6.63. The van der Waals surface area contributed by atoms with E-state index in [1.54, 1.807) is 0 Å². The Morgan fingerprint density at radius 1 is 0.477 bits per heavy atom. The van der Waals surface area contributed by atoms with Gasteiger partial charge in [0.05, 0.1) is 69.5 Å². The van der Waals surface area contributed by atoms with E-state index in [2.05, 4.69) is 0 Å². The van der Waals surface area contributed by atoms with Crippen LogP contribution in [-0.2, 0) is 75.9 Å². The number of rotatable bonds is 18. The van der Waals surface area contributed by atoms with Crippen molar-refractivity contribution in [3.63, 3.8) is 0 Å². The van der Waals surface area contributed by atoms with E-state index < -0.39 is 317 Å². The molecular weight excluding hydrogens is 1440 g/mol. The highest BCUT2D eigenvalue weighted by molar-refractivity contribution is 5.80. The average molecular weight is 1550 g/mol. The number of carboxylic acid groups (broad SMARTS) is 1. The molecular formula is C69H108O38-2. The van der Waals surface area contributed by atoms with Gasteiger partial charge in [-0.25, -0.2) is 0 Å². The summed E-state index contributed by atoms with van der Waals surface area (Å²) >= 11 is 0. The maximum Gasteiger partial charge on any atom is 0.317 e. The molecule has 5 aliphatic carbocycles. The SMILES string of the molecule is C[C@@H]1O[C@@H](O[C@H]2[C@H](OC(=O)[C@]34CCC(C)(C)C[C@H]3C3=CCC5[C@@]6(C)C[C@H](O)[C@H](O[C@@H]7O[C@H](CO)[C@@H](O)[C@H](O)[C@H]7O[C@@H]7O[C@H](CO)[C@@H](O)[C@H](O)[C@H]7O[C@@H]7O[C@H](CO)[C@@H](O)[C@H](O)[C@H]7O)[C@@](C)(C(=O)[O-])C6CC[C@@]5(C)[C@]3(C)C[C@H]4O)OC[C@H](O)[C@@H]2O)[C@H](O)[C@H](O[C@@H]2OC[C@H]([O-])[C@H](O)[C@H]2O)[C@H]1O[C@@H]1OC[C@@H](O)[C@H](O)[C@H]1O. The van der Waals surface area contributed by atoms with Gasteiger partial charge in [0, 0.05) is 12.0 Å². The minimum Gasteiger partial charge on any atom is -0.848 e. The summed E-state index contributed by atoms with van der Waals surface area (Å²) in [6, 6.07) is 0. The first-order valence-electron chi connectivity index (χ1n) is 36.8. The molecule has 11 fully saturated rings. The Morgan fingerprint density at radius 2 is 0.963 bits per heavy atom. The van der Waals surface area contributed by atoms with Gasteiger partial charge in [0.25, 0.3) is 0 Å². The van der Waals surface area contributed by atoms with Gasteiger partial charge in [-0.3, -0.25) is 4.79 Å². The minimum absolute atomic E-state index is 0.0533. The Kier molecular flexibility index (Phi) is 24.6. The van der Waals surface area contributed by atoms with Gasteiger partial charge < -0.3 is 183 Å². The van der Waals surface area contributed by atoms with Crippen molar-refractivity contribution in [2.45, 2.75) is 315 Å². The molecule has 4 saturated carbocycles. The van der Waals surface area contributed by atoms with Crippen molar-refractivity contribution in [3.05, 3.63) is 11.6 Å². The van der Waals surface area contributed by atoms with Crippen LogP contribution in [0.4, 0.5) is 0 Å². The second-order valence-electron chi connectivity index (χ2n) is 33.3. The zero-order chi connectivity index (χ0) is 78.2. The van der Waals surface area contributed by atoms with Crippen molar-refractivity contribution in [3.8, 4) is 0 Å². The van der Waals surface area contributed by atoms with Crippen LogP contribution >= 0.6 is 0 Å². The van der Waals surface area contributed by atoms with Gasteiger partial charge >= 0.3 is 5.97 Å². The number of aliphatic hydroxyl groups is 20. The van der Waals surface area contributed by atoms with Crippen LogP contribution in [-0.4, -0.2) is 369 Å². The van der Waals surface area contributed by atoms with E-state index >= 15 is 4.79 Å². The minimum atomic E-state index is -2.19. The fourth-order valence-electron chi connectivity index (χ4n) is 20.2. The zero-order valence-corrected chi connectivity index (χ0v) is 60.2. The molecule has 38 heteroatoms. The molecule has 43 atom stereocenters. The normalized spacial score (nSPS) is 55.0. The zero-order valence-electron chi connectivity index (χ0n) is 60.2. The molecule has 107 heavy (non-hydrogen) atoms. The number of carboxylic acids is 1. The average Bonchev–Trinajstić information content (AvgIpc) is 0.667. The van der Waals surface area contributed by atoms with Gasteiger partial charge in [-0.2, -0.15) is 0 Å². The van der Waals surface area contributed by atoms with Gasteiger partial charge in [-0.15, -0.1) is 0 Å². The van der Waals surface area contributed by atoms with Crippen LogP contribution in [0, 0.1) is 50.2 Å². The number of aliphatic hydroxyl groups excluding tert-OH is 20. The van der Waals surface area contributed by atoms with Crippen molar-refractivity contribution < 1.29 is 188 Å². The van der Waals surface area contributed by atoms with Crippen LogP contribution in [0.2, 0.25) is 0 Å². The topological polar surface area (TPSA) is 614 Å². The van der Waals surface area contributed by atoms with Gasteiger partial charge in [-0.1, -0.05) is 59.3 Å². The first-order valence-corrected chi connectivity index (χ1v) is 36.8. The molecule has 7 saturated heterocycles. The molecule has 38 nitrogen and oxygen atoms in total. The monoisotopic (exact) mass is 1540 g/mol. The summed E-state index contributed by atoms with van der Waals surface area (Å²) in [7, 11) is 0. The Hall–Kier alpha value is -2.68. The first kappa shape index (κ1) is 83.7. The fraction of sp³-hybridized carbons (Fsp3) is 0.942. The van der Waals surface area contributed by atoms with Gasteiger partial charge in [0.15, 0.2) is 43.8 Å². The summed E-state index contributed by atoms with van der Waals surface area (Å²) < 4.78 is 83.5. The standard InChI is InChI=1S/C69H109O38/c1-23-49(101-55-45(87)36(78)27(74)20-94-55)50(102-56-46(88)37(79)28(75)21-95-56)48(90)58(97-23)103-51-38(80)29(76)22-96-59(51)107-63(93)69-13-12-64(2,3)14-25(69)24-8-9-33-65(4)15-26(73)54(68(7,62(91)92)34(65)10-11-66(33,5)67(24,6)16-35(69)77)106-61-53(44(86)41(83)32(19-72)100-61)105-60-52(43(85)40(82)31(18-71)99-60)104-57-47(89)42(84)39(81)30(17-70)98-57/h8,23,25-61,70-74,76-90H,9-22H2,1-7H3,(H,91,92)/q-1/p-1/t23-,25-,26-,27+,28-,29-,30+,31+,32+,33?,34?,35+,36-,37-,38-,39+,40+,41+,42-,43-,44-,45+,46+,47+,48+,49-,50-,51+,52+,53+,54-,55-,56-,57-,58-,59-,60-,61-,65+,66+,67+,68-,69+/m0/s1. The smallest absolute Gasteiger partial charge is 0.317 e. The van der Waals surface area contributed by atoms with Crippen molar-refractivity contribution in [1.82, 2.24) is 0 Å². The highest BCUT2D eigenvalue weighted by Gasteiger charge is 2.74. The second-order valence-corrected chi connectivity index (χ2v) is 33.3. The largest absolute Gasteiger partial charge is 0.848 e. The number of hydrogen-bond acceptors (Lipinski definition) is 38. The molecule has 0 radical (unpaired) electrons. The predicted molar refractivity (Wildman–Crippen MR) is 341 cm³/mol. The molecule has 0 bridgehead atoms. The van der Waals surface area contributed by atoms with E-state index in [0.29, 0.717) is 12.8 Å². The van der Waals surface area contributed by atoms with Crippen molar-refractivity contribution in [2.75, 3.05) is 39.6 Å². The van der Waals surface area contributed by atoms with Crippen LogP contribution in [0.3, 0.4) is 0 Å². The maximum atomic E-state index is 15.8. The molecule has 2 unspecified atom stereocenters. The van der Waals surface area contributed by atoms with E-state index in [-0.39, 0.29) is 38.5 Å². The Balaban J connectivity index is 0.804. The molecule has 12 rings (SSSR count). The van der Waals surface area contributed by atoms with Crippen LogP contribution in [0.1, 0.15) is 99.8 Å². The van der Waals surface area contributed by atoms with Crippen LogP contribution < -0.4 is 10.2 Å². The number of aliphatic carboxylic acids is 1. The lowest BCUT2D eigenvalue weighted by Gasteiger charge is -2.72. The fourth-order valence-corrected chi connectivity index (χ4v) is 20.2. The number of carbonyl (C=O) groups excluding carboxylic acids is 2. The molecule has 614 valence electrons. The number of ether oxygens (including phenoxy) is 14. The lowest BCUT2D eigenvalue weighted by Crippen LogP contribution is -2.72. The molecule has 7 heterocycles. The van der Waals surface area contributed by atoms with Crippen molar-refractivity contribution >= 4 is 11.9 Å². The molecule has 0 spiro atoms. The van der Waals surface area contributed by atoms with Gasteiger partial charge in [0.2, 0.25) is 6.29 Å². The van der Waals surface area contributed by atoms with Gasteiger partial charge in [0.1, 0.15) is 134 Å². The molecule has 0 aromatic carbocycles. The van der Waals surface area contributed by atoms with E-state index in [4.69, 9.17) is 66.3 Å². The lowest BCUT2D eigenvalue weighted by atomic mass is 9.33. The summed E-state index contributed by atoms with van der Waals surface area (Å²) in [4.78, 5) is 30.1. The second kappa shape index (κ2) is 31.5.